The van der Waals surface area contributed by atoms with Gasteiger partial charge in [0.2, 0.25) is 0 Å². The molecular weight excluding hydrogens is 365 g/mol. The van der Waals surface area contributed by atoms with Crippen molar-refractivity contribution in [1.29, 1.82) is 0 Å². The summed E-state index contributed by atoms with van der Waals surface area (Å²) in [4.78, 5) is 18.1. The number of hydrogen-bond acceptors (Lipinski definition) is 6. The number of anilines is 1. The minimum absolute atomic E-state index is 0.0751. The lowest BCUT2D eigenvalue weighted by molar-refractivity contribution is -0.175. The summed E-state index contributed by atoms with van der Waals surface area (Å²) in [6.45, 7) is 0. The van der Waals surface area contributed by atoms with E-state index in [1.807, 2.05) is 0 Å². The van der Waals surface area contributed by atoms with Crippen LogP contribution in [0.25, 0.3) is 0 Å². The van der Waals surface area contributed by atoms with E-state index in [1.54, 1.807) is 17.2 Å². The van der Waals surface area contributed by atoms with Crippen LogP contribution >= 0.6 is 7.75 Å². The number of benzene rings is 2. The van der Waals surface area contributed by atoms with Crippen molar-refractivity contribution in [3.05, 3.63) is 47.5 Å². The highest BCUT2D eigenvalue weighted by Gasteiger charge is 2.33. The maximum absolute atomic E-state index is 11.2. The highest BCUT2D eigenvalue weighted by molar-refractivity contribution is 7.53. The Balaban J connectivity index is 2.22. The Kier molecular flexibility index (Phi) is 5.80. The third-order valence-corrected chi connectivity index (χ3v) is 4.20. The molecule has 2 aromatic rings. The number of aromatic hydroxyl groups is 3. The Bertz CT molecular complexity index is 833. The fraction of sp³-hybridized carbons (Fsp3) is 0.250. The largest absolute Gasteiger partial charge is 0.508 e. The Hall–Kier alpha value is -2.29. The molecule has 0 unspecified atom stereocenters. The van der Waals surface area contributed by atoms with Gasteiger partial charge in [0, 0.05) is 18.6 Å². The van der Waals surface area contributed by atoms with Gasteiger partial charge < -0.3 is 35.3 Å². The van der Waals surface area contributed by atoms with E-state index in [4.69, 9.17) is 9.79 Å². The average Bonchev–Trinajstić information content (AvgIpc) is 2.43. The topological polar surface area (TPSA) is 171 Å². The lowest BCUT2D eigenvalue weighted by Gasteiger charge is -2.26. The first-order valence-corrected chi connectivity index (χ1v) is 9.22. The summed E-state index contributed by atoms with van der Waals surface area (Å²) in [7, 11) is -4.83. The zero-order valence-electron chi connectivity index (χ0n) is 13.6. The number of aryl methyl sites for hydroxylation is 1. The number of hydrogen-bond donors (Lipinski definition) is 8. The van der Waals surface area contributed by atoms with Gasteiger partial charge in [0.05, 0.1) is 11.3 Å². The maximum Gasteiger partial charge on any atom is 0.427 e. The van der Waals surface area contributed by atoms with Gasteiger partial charge in [0.25, 0.3) is 0 Å². The fourth-order valence-electron chi connectivity index (χ4n) is 2.65. The zero-order chi connectivity index (χ0) is 19.5. The molecule has 0 aromatic heterocycles. The van der Waals surface area contributed by atoms with Crippen molar-refractivity contribution < 1.29 is 39.9 Å². The molecule has 9 nitrogen and oxygen atoms in total. The molecule has 8 N–H and O–H groups in total. The average molecular weight is 385 g/mol. The second kappa shape index (κ2) is 7.53. The van der Waals surface area contributed by atoms with Gasteiger partial charge in [-0.3, -0.25) is 5.09 Å². The van der Waals surface area contributed by atoms with E-state index in [-0.39, 0.29) is 18.6 Å². The van der Waals surface area contributed by atoms with Crippen molar-refractivity contribution in [3.63, 3.8) is 0 Å². The van der Waals surface area contributed by atoms with E-state index in [9.17, 15) is 30.1 Å². The van der Waals surface area contributed by atoms with Gasteiger partial charge in [0.15, 0.2) is 5.79 Å². The van der Waals surface area contributed by atoms with Crippen molar-refractivity contribution in [3.8, 4) is 17.2 Å². The van der Waals surface area contributed by atoms with Gasteiger partial charge in [-0.2, -0.15) is 0 Å². The van der Waals surface area contributed by atoms with Crippen LogP contribution in [0, 0.1) is 0 Å². The van der Waals surface area contributed by atoms with E-state index < -0.39 is 36.3 Å². The van der Waals surface area contributed by atoms with Crippen LogP contribution in [0.2, 0.25) is 0 Å². The van der Waals surface area contributed by atoms with Crippen LogP contribution in [0.3, 0.4) is 0 Å². The summed E-state index contributed by atoms with van der Waals surface area (Å²) in [5, 5.41) is 51.3. The van der Waals surface area contributed by atoms with Gasteiger partial charge in [-0.25, -0.2) is 4.57 Å². The Morgan fingerprint density at radius 3 is 2.31 bits per heavy atom. The maximum atomic E-state index is 11.2. The number of nitrogens with one attached hydrogen (secondary N) is 1. The molecule has 0 saturated carbocycles. The van der Waals surface area contributed by atoms with Gasteiger partial charge in [-0.1, -0.05) is 12.1 Å². The van der Waals surface area contributed by atoms with Crippen molar-refractivity contribution in [2.75, 3.05) is 5.09 Å². The predicted octanol–water partition coefficient (Wildman–Crippen LogP) is 1.47. The van der Waals surface area contributed by atoms with Crippen LogP contribution in [-0.4, -0.2) is 35.3 Å². The van der Waals surface area contributed by atoms with Gasteiger partial charge in [-0.05, 0) is 30.5 Å². The van der Waals surface area contributed by atoms with E-state index in [2.05, 4.69) is 0 Å². The van der Waals surface area contributed by atoms with E-state index in [0.29, 0.717) is 6.42 Å². The highest BCUT2D eigenvalue weighted by Crippen LogP contribution is 2.45. The third kappa shape index (κ3) is 5.35. The van der Waals surface area contributed by atoms with Gasteiger partial charge in [0.1, 0.15) is 17.2 Å². The van der Waals surface area contributed by atoms with Crippen molar-refractivity contribution in [1.82, 2.24) is 0 Å². The molecule has 0 aliphatic heterocycles. The molecule has 142 valence electrons. The van der Waals surface area contributed by atoms with Gasteiger partial charge in [-0.15, -0.1) is 0 Å². The van der Waals surface area contributed by atoms with Crippen molar-refractivity contribution in [2.24, 2.45) is 0 Å². The first-order valence-electron chi connectivity index (χ1n) is 7.61. The van der Waals surface area contributed by atoms with Crippen LogP contribution in [-0.2, 0) is 16.8 Å². The molecule has 10 heteroatoms. The molecule has 0 atom stereocenters. The van der Waals surface area contributed by atoms with E-state index in [0.717, 1.165) is 17.7 Å². The molecule has 2 aromatic carbocycles. The van der Waals surface area contributed by atoms with Crippen LogP contribution in [0.1, 0.15) is 24.0 Å². The number of phenolic OH excluding ortho intramolecular Hbond substituents is 3. The number of aliphatic hydroxyl groups is 2. The lowest BCUT2D eigenvalue weighted by atomic mass is 9.95. The summed E-state index contributed by atoms with van der Waals surface area (Å²) in [6, 6.07) is 8.11. The summed E-state index contributed by atoms with van der Waals surface area (Å²) < 4.78 is 11.2. The third-order valence-electron chi connectivity index (χ3n) is 3.67. The van der Waals surface area contributed by atoms with Crippen molar-refractivity contribution in [2.45, 2.75) is 25.0 Å². The molecule has 0 aliphatic rings. The second-order valence-electron chi connectivity index (χ2n) is 5.88. The lowest BCUT2D eigenvalue weighted by Crippen LogP contribution is -2.26. The summed E-state index contributed by atoms with van der Waals surface area (Å²) in [5.74, 6) is -3.79. The smallest absolute Gasteiger partial charge is 0.427 e. The highest BCUT2D eigenvalue weighted by atomic mass is 31.2. The summed E-state index contributed by atoms with van der Waals surface area (Å²) in [5.41, 5.74) is -0.308. The minimum Gasteiger partial charge on any atom is -0.508 e. The molecule has 2 rings (SSSR count). The van der Waals surface area contributed by atoms with Crippen molar-refractivity contribution >= 4 is 13.4 Å². The molecule has 0 heterocycles. The molecule has 0 aliphatic carbocycles. The van der Waals surface area contributed by atoms with Gasteiger partial charge >= 0.3 is 7.75 Å². The first-order chi connectivity index (χ1) is 12.0. The number of rotatable bonds is 7. The zero-order valence-corrected chi connectivity index (χ0v) is 14.5. The normalized spacial score (nSPS) is 12.2. The first kappa shape index (κ1) is 20.0. The van der Waals surface area contributed by atoms with E-state index >= 15 is 0 Å². The molecule has 0 radical (unpaired) electrons. The van der Waals surface area contributed by atoms with Crippen LogP contribution in [0.5, 0.6) is 17.2 Å². The molecule has 0 amide bonds. The summed E-state index contributed by atoms with van der Waals surface area (Å²) >= 11 is 0. The van der Waals surface area contributed by atoms with Crippen LogP contribution in [0.15, 0.2) is 36.4 Å². The monoisotopic (exact) mass is 385 g/mol. The van der Waals surface area contributed by atoms with E-state index in [1.165, 1.54) is 12.1 Å². The molecular formula is C16H20NO8P. The second-order valence-corrected chi connectivity index (χ2v) is 7.20. The quantitative estimate of drug-likeness (QED) is 0.260. The Morgan fingerprint density at radius 1 is 1.00 bits per heavy atom. The Morgan fingerprint density at radius 2 is 1.69 bits per heavy atom. The SMILES string of the molecule is O=P(O)(O)Nc1cc(O)cc(O)c1C(O)(O)CCCc1cccc(O)c1. The standard InChI is InChI=1S/C16H20NO8P/c18-11-5-1-3-10(7-11)4-2-6-16(21,22)15-13(17-26(23,24)25)8-12(19)9-14(15)20/h1,3,5,7-9,18-22H,2,4,6H2,(H3,17,23,24,25). The molecule has 0 bridgehead atoms. The minimum atomic E-state index is -4.83. The summed E-state index contributed by atoms with van der Waals surface area (Å²) in [6.07, 6.45) is 0.334. The molecule has 0 fully saturated rings. The molecule has 0 spiro atoms. The molecule has 0 saturated heterocycles. The van der Waals surface area contributed by atoms with Crippen LogP contribution < -0.4 is 5.09 Å². The molecule has 26 heavy (non-hydrogen) atoms. The number of phenols is 3. The predicted molar refractivity (Wildman–Crippen MR) is 92.6 cm³/mol. The Labute approximate surface area is 149 Å². The van der Waals surface area contributed by atoms with Crippen LogP contribution in [0.4, 0.5) is 5.69 Å². The fourth-order valence-corrected chi connectivity index (χ4v) is 3.14.